The third-order valence-electron chi connectivity index (χ3n) is 3.22. The molecule has 1 aromatic rings. The minimum atomic E-state index is 0.281. The minimum absolute atomic E-state index is 0.281. The van der Waals surface area contributed by atoms with E-state index in [1.165, 1.54) is 24.3 Å². The molecule has 0 amide bonds. The van der Waals surface area contributed by atoms with Gasteiger partial charge in [-0.05, 0) is 42.8 Å². The summed E-state index contributed by atoms with van der Waals surface area (Å²) in [6.45, 7) is 0. The first-order chi connectivity index (χ1) is 7.74. The molecule has 0 spiro atoms. The molecular weight excluding hydrogens is 218 g/mol. The molecule has 2 N–H and O–H groups in total. The second-order valence-electron chi connectivity index (χ2n) is 4.74. The van der Waals surface area contributed by atoms with Gasteiger partial charge in [0.15, 0.2) is 0 Å². The van der Waals surface area contributed by atoms with Gasteiger partial charge in [-0.15, -0.1) is 0 Å². The lowest BCUT2D eigenvalue weighted by Crippen LogP contribution is -2.27. The summed E-state index contributed by atoms with van der Waals surface area (Å²) >= 11 is 2.08. The molecule has 0 aromatic carbocycles. The van der Waals surface area contributed by atoms with Gasteiger partial charge < -0.3 is 5.73 Å². The highest BCUT2D eigenvalue weighted by molar-refractivity contribution is 7.99. The summed E-state index contributed by atoms with van der Waals surface area (Å²) < 4.78 is 1.85. The van der Waals surface area contributed by atoms with Gasteiger partial charge in [0.05, 0.1) is 5.69 Å². The minimum Gasteiger partial charge on any atom is -0.327 e. The topological polar surface area (TPSA) is 43.8 Å². The molecule has 1 fully saturated rings. The van der Waals surface area contributed by atoms with Gasteiger partial charge in [-0.25, -0.2) is 0 Å². The number of hydrogen-bond acceptors (Lipinski definition) is 3. The number of thioether (sulfide) groups is 1. The summed E-state index contributed by atoms with van der Waals surface area (Å²) in [6, 6.07) is 2.35. The van der Waals surface area contributed by atoms with E-state index in [0.717, 1.165) is 24.5 Å². The lowest BCUT2D eigenvalue weighted by Gasteiger charge is -2.23. The fourth-order valence-corrected chi connectivity index (χ4v) is 3.54. The van der Waals surface area contributed by atoms with Crippen LogP contribution in [-0.4, -0.2) is 27.3 Å². The van der Waals surface area contributed by atoms with Crippen LogP contribution in [0.4, 0.5) is 0 Å². The van der Waals surface area contributed by atoms with Crippen LogP contribution >= 0.6 is 11.8 Å². The molecule has 2 heterocycles. The van der Waals surface area contributed by atoms with Crippen molar-refractivity contribution in [1.29, 1.82) is 0 Å². The fourth-order valence-electron chi connectivity index (χ4n) is 2.33. The quantitative estimate of drug-likeness (QED) is 0.871. The van der Waals surface area contributed by atoms with Gasteiger partial charge in [0, 0.05) is 25.7 Å². The SMILES string of the molecule is Cn1ccc(CC(N)CC2CCSCC2)n1. The molecule has 1 atom stereocenters. The second-order valence-corrected chi connectivity index (χ2v) is 5.96. The van der Waals surface area contributed by atoms with Gasteiger partial charge in [-0.3, -0.25) is 4.68 Å². The van der Waals surface area contributed by atoms with Gasteiger partial charge in [-0.1, -0.05) is 0 Å². The normalized spacial score (nSPS) is 19.9. The first-order valence-corrected chi connectivity index (χ1v) is 7.21. The van der Waals surface area contributed by atoms with Gasteiger partial charge in [-0.2, -0.15) is 16.9 Å². The van der Waals surface area contributed by atoms with E-state index >= 15 is 0 Å². The van der Waals surface area contributed by atoms with Crippen LogP contribution < -0.4 is 5.73 Å². The Morgan fingerprint density at radius 2 is 2.31 bits per heavy atom. The molecular formula is C12H21N3S. The number of aromatic nitrogens is 2. The van der Waals surface area contributed by atoms with Gasteiger partial charge in [0.25, 0.3) is 0 Å². The Morgan fingerprint density at radius 3 is 2.94 bits per heavy atom. The Labute approximate surface area is 102 Å². The molecule has 0 saturated carbocycles. The van der Waals surface area contributed by atoms with Crippen molar-refractivity contribution in [2.24, 2.45) is 18.7 Å². The maximum absolute atomic E-state index is 6.19. The zero-order valence-electron chi connectivity index (χ0n) is 9.93. The monoisotopic (exact) mass is 239 g/mol. The molecule has 0 radical (unpaired) electrons. The van der Waals surface area contributed by atoms with E-state index in [0.29, 0.717) is 0 Å². The molecule has 4 heteroatoms. The zero-order valence-corrected chi connectivity index (χ0v) is 10.7. The van der Waals surface area contributed by atoms with E-state index in [9.17, 15) is 0 Å². The second kappa shape index (κ2) is 5.73. The summed E-state index contributed by atoms with van der Waals surface area (Å²) in [5.74, 6) is 3.49. The maximum Gasteiger partial charge on any atom is 0.0639 e. The van der Waals surface area contributed by atoms with Crippen LogP contribution in [0.2, 0.25) is 0 Å². The van der Waals surface area contributed by atoms with Crippen molar-refractivity contribution in [3.05, 3.63) is 18.0 Å². The molecule has 16 heavy (non-hydrogen) atoms. The molecule has 0 aliphatic carbocycles. The third-order valence-corrected chi connectivity index (χ3v) is 4.27. The van der Waals surface area contributed by atoms with Crippen LogP contribution in [0, 0.1) is 5.92 Å². The zero-order chi connectivity index (χ0) is 11.4. The predicted molar refractivity (Wildman–Crippen MR) is 69.6 cm³/mol. The average Bonchev–Trinajstić information content (AvgIpc) is 2.65. The summed E-state index contributed by atoms with van der Waals surface area (Å²) in [6.07, 6.45) is 6.77. The standard InChI is InChI=1S/C12H21N3S/c1-15-5-2-12(14-15)9-11(13)8-10-3-6-16-7-4-10/h2,5,10-11H,3-4,6-9,13H2,1H3. The average molecular weight is 239 g/mol. The molecule has 90 valence electrons. The summed E-state index contributed by atoms with van der Waals surface area (Å²) in [5.41, 5.74) is 7.31. The van der Waals surface area contributed by atoms with Gasteiger partial charge >= 0.3 is 0 Å². The van der Waals surface area contributed by atoms with Crippen LogP contribution in [-0.2, 0) is 13.5 Å². The Morgan fingerprint density at radius 1 is 1.56 bits per heavy atom. The highest BCUT2D eigenvalue weighted by atomic mass is 32.2. The van der Waals surface area contributed by atoms with Crippen LogP contribution in [0.3, 0.4) is 0 Å². The highest BCUT2D eigenvalue weighted by Crippen LogP contribution is 2.26. The van der Waals surface area contributed by atoms with Crippen molar-refractivity contribution in [3.8, 4) is 0 Å². The lowest BCUT2D eigenvalue weighted by molar-refractivity contribution is 0.404. The van der Waals surface area contributed by atoms with Gasteiger partial charge in [0.1, 0.15) is 0 Å². The molecule has 1 aliphatic rings. The molecule has 1 aromatic heterocycles. The number of nitrogens with zero attached hydrogens (tertiary/aromatic N) is 2. The van der Waals surface area contributed by atoms with Crippen LogP contribution in [0.1, 0.15) is 25.0 Å². The van der Waals surface area contributed by atoms with E-state index < -0.39 is 0 Å². The number of rotatable bonds is 4. The van der Waals surface area contributed by atoms with E-state index in [4.69, 9.17) is 5.73 Å². The molecule has 1 unspecified atom stereocenters. The maximum atomic E-state index is 6.19. The summed E-state index contributed by atoms with van der Waals surface area (Å²) in [4.78, 5) is 0. The molecule has 0 bridgehead atoms. The Kier molecular flexibility index (Phi) is 4.29. The van der Waals surface area contributed by atoms with Crippen molar-refractivity contribution >= 4 is 11.8 Å². The molecule has 1 aliphatic heterocycles. The van der Waals surface area contributed by atoms with E-state index in [1.807, 2.05) is 17.9 Å². The largest absolute Gasteiger partial charge is 0.327 e. The van der Waals surface area contributed by atoms with Crippen molar-refractivity contribution in [3.63, 3.8) is 0 Å². The summed E-state index contributed by atoms with van der Waals surface area (Å²) in [5, 5.41) is 4.38. The van der Waals surface area contributed by atoms with Crippen molar-refractivity contribution in [1.82, 2.24) is 9.78 Å². The van der Waals surface area contributed by atoms with Crippen LogP contribution in [0.25, 0.3) is 0 Å². The number of aryl methyl sites for hydroxylation is 1. The predicted octanol–water partition coefficient (Wildman–Crippen LogP) is 1.82. The van der Waals surface area contributed by atoms with E-state index in [2.05, 4.69) is 22.9 Å². The molecule has 1 saturated heterocycles. The van der Waals surface area contributed by atoms with Gasteiger partial charge in [0.2, 0.25) is 0 Å². The van der Waals surface area contributed by atoms with Crippen molar-refractivity contribution in [2.75, 3.05) is 11.5 Å². The number of hydrogen-bond donors (Lipinski definition) is 1. The first-order valence-electron chi connectivity index (χ1n) is 6.06. The van der Waals surface area contributed by atoms with Crippen LogP contribution in [0.5, 0.6) is 0 Å². The molecule has 3 nitrogen and oxygen atoms in total. The lowest BCUT2D eigenvalue weighted by atomic mass is 9.93. The Balaban J connectivity index is 1.77. The highest BCUT2D eigenvalue weighted by Gasteiger charge is 2.17. The smallest absolute Gasteiger partial charge is 0.0639 e. The Hall–Kier alpha value is -0.480. The fraction of sp³-hybridized carbons (Fsp3) is 0.750. The van der Waals surface area contributed by atoms with E-state index in [-0.39, 0.29) is 6.04 Å². The molecule has 2 rings (SSSR count). The Bertz CT molecular complexity index is 318. The van der Waals surface area contributed by atoms with Crippen molar-refractivity contribution < 1.29 is 0 Å². The first kappa shape index (κ1) is 12.0. The number of nitrogens with two attached hydrogens (primary N) is 1. The third kappa shape index (κ3) is 3.52. The van der Waals surface area contributed by atoms with E-state index in [1.54, 1.807) is 0 Å². The van der Waals surface area contributed by atoms with Crippen LogP contribution in [0.15, 0.2) is 12.3 Å². The van der Waals surface area contributed by atoms with Crippen molar-refractivity contribution in [2.45, 2.75) is 31.7 Å². The summed E-state index contributed by atoms with van der Waals surface area (Å²) in [7, 11) is 1.95.